The molecule has 124 valence electrons. The third-order valence-corrected chi connectivity index (χ3v) is 4.89. The highest BCUT2D eigenvalue weighted by atomic mass is 32.2. The van der Waals surface area contributed by atoms with Crippen LogP contribution in [0.25, 0.3) is 0 Å². The fourth-order valence-electron chi connectivity index (χ4n) is 2.44. The van der Waals surface area contributed by atoms with Crippen LogP contribution in [0.5, 0.6) is 0 Å². The highest BCUT2D eigenvalue weighted by molar-refractivity contribution is 7.88. The number of hydrogen-bond acceptors (Lipinski definition) is 5. The second-order valence-electron chi connectivity index (χ2n) is 5.50. The lowest BCUT2D eigenvalue weighted by molar-refractivity contribution is -0.000108. The molecule has 0 aliphatic carbocycles. The Bertz CT molecular complexity index is 612. The van der Waals surface area contributed by atoms with E-state index in [9.17, 15) is 8.42 Å². The first-order valence-electron chi connectivity index (χ1n) is 7.31. The van der Waals surface area contributed by atoms with E-state index in [2.05, 4.69) is 17.0 Å². The number of hydrogen-bond donors (Lipinski definition) is 1. The zero-order valence-corrected chi connectivity index (χ0v) is 14.0. The Morgan fingerprint density at radius 3 is 3.05 bits per heavy atom. The van der Waals surface area contributed by atoms with Gasteiger partial charge in [0, 0.05) is 37.9 Å². The Hall–Kier alpha value is -1.22. The van der Waals surface area contributed by atoms with E-state index in [0.717, 1.165) is 11.3 Å². The summed E-state index contributed by atoms with van der Waals surface area (Å²) in [7, 11) is -3.14. The highest BCUT2D eigenvalue weighted by Crippen LogP contribution is 2.09. The smallest absolute Gasteiger partial charge is 0.211 e. The summed E-state index contributed by atoms with van der Waals surface area (Å²) in [6.07, 6.45) is 4.92. The summed E-state index contributed by atoms with van der Waals surface area (Å²) in [5.41, 5.74) is 2.11. The van der Waals surface area contributed by atoms with E-state index in [-0.39, 0.29) is 6.10 Å². The zero-order chi connectivity index (χ0) is 16.2. The molecule has 0 saturated carbocycles. The molecule has 7 nitrogen and oxygen atoms in total. The van der Waals surface area contributed by atoms with Gasteiger partial charge in [0.2, 0.25) is 10.0 Å². The molecule has 2 rings (SSSR count). The van der Waals surface area contributed by atoms with Crippen molar-refractivity contribution in [1.29, 1.82) is 0 Å². The predicted octanol–water partition coefficient (Wildman–Crippen LogP) is 0.128. The van der Waals surface area contributed by atoms with Gasteiger partial charge in [-0.25, -0.2) is 8.42 Å². The van der Waals surface area contributed by atoms with Crippen molar-refractivity contribution in [2.45, 2.75) is 26.1 Å². The van der Waals surface area contributed by atoms with Crippen LogP contribution in [0, 0.1) is 6.92 Å². The molecule has 1 saturated heterocycles. The van der Waals surface area contributed by atoms with Crippen LogP contribution in [0.2, 0.25) is 0 Å². The summed E-state index contributed by atoms with van der Waals surface area (Å²) in [5.74, 6) is 0. The Kier molecular flexibility index (Phi) is 5.74. The summed E-state index contributed by atoms with van der Waals surface area (Å²) in [6, 6.07) is 0. The van der Waals surface area contributed by atoms with Gasteiger partial charge in [-0.3, -0.25) is 4.68 Å². The third kappa shape index (κ3) is 4.64. The Labute approximate surface area is 132 Å². The molecule has 1 aliphatic heterocycles. The van der Waals surface area contributed by atoms with Gasteiger partial charge in [-0.05, 0) is 6.92 Å². The van der Waals surface area contributed by atoms with E-state index < -0.39 is 10.0 Å². The van der Waals surface area contributed by atoms with Crippen molar-refractivity contribution in [3.05, 3.63) is 30.1 Å². The molecule has 1 aliphatic rings. The van der Waals surface area contributed by atoms with Crippen molar-refractivity contribution in [2.24, 2.45) is 0 Å². The third-order valence-electron chi connectivity index (χ3n) is 3.62. The molecule has 2 heterocycles. The van der Waals surface area contributed by atoms with Gasteiger partial charge >= 0.3 is 0 Å². The number of morpholine rings is 1. The van der Waals surface area contributed by atoms with E-state index in [1.54, 1.807) is 6.08 Å². The maximum atomic E-state index is 11.6. The summed E-state index contributed by atoms with van der Waals surface area (Å²) in [4.78, 5) is 0. The molecule has 0 aromatic carbocycles. The minimum atomic E-state index is -3.14. The first kappa shape index (κ1) is 17.1. The van der Waals surface area contributed by atoms with Crippen LogP contribution < -0.4 is 5.32 Å². The number of sulfonamides is 1. The minimum absolute atomic E-state index is 0.119. The normalized spacial score (nSPS) is 20.2. The molecular weight excluding hydrogens is 304 g/mol. The van der Waals surface area contributed by atoms with Crippen LogP contribution in [0.3, 0.4) is 0 Å². The summed E-state index contributed by atoms with van der Waals surface area (Å²) < 4.78 is 32.1. The molecule has 22 heavy (non-hydrogen) atoms. The first-order chi connectivity index (χ1) is 10.4. The molecule has 1 N–H and O–H groups in total. The molecule has 0 unspecified atom stereocenters. The van der Waals surface area contributed by atoms with Crippen LogP contribution in [0.15, 0.2) is 18.9 Å². The molecule has 0 bridgehead atoms. The lowest BCUT2D eigenvalue weighted by Crippen LogP contribution is -2.48. The van der Waals surface area contributed by atoms with Gasteiger partial charge in [0.25, 0.3) is 0 Å². The van der Waals surface area contributed by atoms with E-state index in [1.807, 2.05) is 17.8 Å². The van der Waals surface area contributed by atoms with Crippen molar-refractivity contribution in [3.63, 3.8) is 0 Å². The van der Waals surface area contributed by atoms with Crippen LogP contribution in [-0.4, -0.2) is 61.1 Å². The number of aromatic nitrogens is 2. The number of ether oxygens (including phenoxy) is 1. The molecule has 1 aromatic rings. The van der Waals surface area contributed by atoms with Crippen molar-refractivity contribution in [3.8, 4) is 0 Å². The number of rotatable bonds is 7. The van der Waals surface area contributed by atoms with Gasteiger partial charge in [-0.2, -0.15) is 9.40 Å². The number of nitrogens with one attached hydrogen (secondary N) is 1. The molecular formula is C14H24N4O3S. The monoisotopic (exact) mass is 328 g/mol. The number of allylic oxidation sites excluding steroid dienone is 1. The van der Waals surface area contributed by atoms with E-state index in [4.69, 9.17) is 4.74 Å². The Morgan fingerprint density at radius 2 is 2.36 bits per heavy atom. The average Bonchev–Trinajstić information content (AvgIpc) is 2.79. The maximum Gasteiger partial charge on any atom is 0.211 e. The van der Waals surface area contributed by atoms with Gasteiger partial charge in [0.1, 0.15) is 0 Å². The van der Waals surface area contributed by atoms with Gasteiger partial charge in [-0.15, -0.1) is 6.58 Å². The lowest BCUT2D eigenvalue weighted by Gasteiger charge is -2.31. The molecule has 8 heteroatoms. The maximum absolute atomic E-state index is 11.6. The van der Waals surface area contributed by atoms with E-state index in [0.29, 0.717) is 39.3 Å². The van der Waals surface area contributed by atoms with E-state index in [1.165, 1.54) is 10.6 Å². The second-order valence-corrected chi connectivity index (χ2v) is 7.48. The molecule has 1 aromatic heterocycles. The fourth-order valence-corrected chi connectivity index (χ4v) is 3.29. The van der Waals surface area contributed by atoms with Crippen LogP contribution in [-0.2, 0) is 27.8 Å². The fraction of sp³-hybridized carbons (Fsp3) is 0.643. The van der Waals surface area contributed by atoms with Crippen LogP contribution in [0.4, 0.5) is 0 Å². The van der Waals surface area contributed by atoms with Gasteiger partial charge < -0.3 is 10.1 Å². The summed E-state index contributed by atoms with van der Waals surface area (Å²) in [5, 5.41) is 7.71. The van der Waals surface area contributed by atoms with Crippen molar-refractivity contribution in [2.75, 3.05) is 32.5 Å². The van der Waals surface area contributed by atoms with Crippen molar-refractivity contribution >= 4 is 10.0 Å². The van der Waals surface area contributed by atoms with Crippen molar-refractivity contribution < 1.29 is 13.2 Å². The predicted molar refractivity (Wildman–Crippen MR) is 85.0 cm³/mol. The molecule has 0 amide bonds. The number of aryl methyl sites for hydroxylation is 1. The largest absolute Gasteiger partial charge is 0.374 e. The lowest BCUT2D eigenvalue weighted by atomic mass is 10.2. The topological polar surface area (TPSA) is 76.5 Å². The molecule has 0 radical (unpaired) electrons. The standard InChI is InChI=1S/C14H24N4O3S/c1-4-5-17-10-13(12(2)16-17)8-15-9-14-11-18(6-7-21-14)22(3,19)20/h4,10,14-15H,1,5-9,11H2,2-3H3/t14-/m0/s1. The highest BCUT2D eigenvalue weighted by Gasteiger charge is 2.26. The van der Waals surface area contributed by atoms with Crippen LogP contribution >= 0.6 is 0 Å². The summed E-state index contributed by atoms with van der Waals surface area (Å²) >= 11 is 0. The van der Waals surface area contributed by atoms with Gasteiger partial charge in [-0.1, -0.05) is 6.08 Å². The van der Waals surface area contributed by atoms with E-state index >= 15 is 0 Å². The van der Waals surface area contributed by atoms with Crippen molar-refractivity contribution in [1.82, 2.24) is 19.4 Å². The Morgan fingerprint density at radius 1 is 1.59 bits per heavy atom. The number of nitrogens with zero attached hydrogens (tertiary/aromatic N) is 3. The second kappa shape index (κ2) is 7.36. The molecule has 0 spiro atoms. The van der Waals surface area contributed by atoms with Crippen LogP contribution in [0.1, 0.15) is 11.3 Å². The molecule has 1 atom stereocenters. The first-order valence-corrected chi connectivity index (χ1v) is 9.16. The summed E-state index contributed by atoms with van der Waals surface area (Å²) in [6.45, 7) is 8.93. The molecule has 1 fully saturated rings. The Balaban J connectivity index is 1.82. The minimum Gasteiger partial charge on any atom is -0.374 e. The zero-order valence-electron chi connectivity index (χ0n) is 13.2. The van der Waals surface area contributed by atoms with Gasteiger partial charge in [0.15, 0.2) is 0 Å². The SMILES string of the molecule is C=CCn1cc(CNC[C@H]2CN(S(C)(=O)=O)CCO2)c(C)n1. The quantitative estimate of drug-likeness (QED) is 0.720. The van der Waals surface area contributed by atoms with Gasteiger partial charge in [0.05, 0.1) is 31.2 Å². The average molecular weight is 328 g/mol.